The van der Waals surface area contributed by atoms with Crippen molar-refractivity contribution >= 4 is 21.2 Å². The maximum Gasteiger partial charge on any atom is 0.288 e. The van der Waals surface area contributed by atoms with Crippen LogP contribution in [-0.4, -0.2) is 25.6 Å². The molecule has 0 heterocycles. The zero-order valence-electron chi connectivity index (χ0n) is 11.5. The summed E-state index contributed by atoms with van der Waals surface area (Å²) in [5.74, 6) is 0.520. The van der Waals surface area contributed by atoms with Crippen LogP contribution < -0.4 is 5.32 Å². The smallest absolute Gasteiger partial charge is 0.288 e. The fraction of sp³-hybridized carbons (Fsp3) is 0.538. The van der Waals surface area contributed by atoms with Crippen molar-refractivity contribution in [3.63, 3.8) is 0 Å². The van der Waals surface area contributed by atoms with Gasteiger partial charge < -0.3 is 5.32 Å². The number of hydrogen-bond acceptors (Lipinski definition) is 5. The number of nitrogens with zero attached hydrogens (tertiary/aromatic N) is 1. The third-order valence-electron chi connectivity index (χ3n) is 3.77. The van der Waals surface area contributed by atoms with Gasteiger partial charge in [0.05, 0.1) is 4.92 Å². The summed E-state index contributed by atoms with van der Waals surface area (Å²) in [7, 11) is -3.63. The van der Waals surface area contributed by atoms with Crippen LogP contribution in [0.3, 0.4) is 0 Å². The van der Waals surface area contributed by atoms with Crippen molar-refractivity contribution in [2.75, 3.05) is 11.6 Å². The lowest BCUT2D eigenvalue weighted by atomic mass is 10.1. The van der Waals surface area contributed by atoms with Gasteiger partial charge in [-0.05, 0) is 30.9 Å². The molecule has 0 spiro atoms. The van der Waals surface area contributed by atoms with Crippen LogP contribution in [0.25, 0.3) is 0 Å². The summed E-state index contributed by atoms with van der Waals surface area (Å²) in [5.41, 5.74) is 0.243. The fourth-order valence-electron chi connectivity index (χ4n) is 2.63. The second kappa shape index (κ2) is 5.40. The van der Waals surface area contributed by atoms with Crippen molar-refractivity contribution < 1.29 is 13.3 Å². The molecule has 1 saturated carbocycles. The topological polar surface area (TPSA) is 89.3 Å². The van der Waals surface area contributed by atoms with Crippen molar-refractivity contribution in [2.24, 2.45) is 5.92 Å². The summed E-state index contributed by atoms with van der Waals surface area (Å²) in [5, 5.41) is 14.2. The van der Waals surface area contributed by atoms with E-state index in [-0.39, 0.29) is 10.6 Å². The SMILES string of the molecule is CC1CCCC1Nc1ccc([N+](=O)[O-])c(S(C)(=O)=O)c1. The van der Waals surface area contributed by atoms with Gasteiger partial charge >= 0.3 is 0 Å². The van der Waals surface area contributed by atoms with E-state index in [1.54, 1.807) is 6.07 Å². The van der Waals surface area contributed by atoms with Gasteiger partial charge in [0.1, 0.15) is 4.90 Å². The minimum Gasteiger partial charge on any atom is -0.382 e. The van der Waals surface area contributed by atoms with Gasteiger partial charge in [-0.2, -0.15) is 0 Å². The molecule has 1 N–H and O–H groups in total. The maximum atomic E-state index is 11.7. The Balaban J connectivity index is 2.35. The van der Waals surface area contributed by atoms with Gasteiger partial charge in [0.2, 0.25) is 0 Å². The van der Waals surface area contributed by atoms with Crippen LogP contribution in [0.15, 0.2) is 23.1 Å². The average molecular weight is 298 g/mol. The first-order chi connectivity index (χ1) is 9.29. The van der Waals surface area contributed by atoms with E-state index in [4.69, 9.17) is 0 Å². The molecule has 0 bridgehead atoms. The second-order valence-electron chi connectivity index (χ2n) is 5.37. The summed E-state index contributed by atoms with van der Waals surface area (Å²) >= 11 is 0. The van der Waals surface area contributed by atoms with Crippen LogP contribution in [0.1, 0.15) is 26.2 Å². The molecule has 1 aliphatic rings. The molecular formula is C13H18N2O4S. The summed E-state index contributed by atoms with van der Waals surface area (Å²) in [6, 6.07) is 4.47. The van der Waals surface area contributed by atoms with E-state index in [1.807, 2.05) is 0 Å². The van der Waals surface area contributed by atoms with Crippen LogP contribution in [0.5, 0.6) is 0 Å². The Morgan fingerprint density at radius 2 is 2.05 bits per heavy atom. The molecule has 0 saturated heterocycles. The third-order valence-corrected chi connectivity index (χ3v) is 4.90. The lowest BCUT2D eigenvalue weighted by Crippen LogP contribution is -2.21. The highest BCUT2D eigenvalue weighted by atomic mass is 32.2. The Hall–Kier alpha value is -1.63. The molecule has 0 radical (unpaired) electrons. The van der Waals surface area contributed by atoms with Gasteiger partial charge in [0.15, 0.2) is 9.84 Å². The van der Waals surface area contributed by atoms with Crippen molar-refractivity contribution in [3.05, 3.63) is 28.3 Å². The molecule has 0 amide bonds. The molecule has 1 aromatic carbocycles. The van der Waals surface area contributed by atoms with Gasteiger partial charge in [-0.3, -0.25) is 10.1 Å². The van der Waals surface area contributed by atoms with Gasteiger partial charge in [0, 0.05) is 24.1 Å². The number of nitrogens with one attached hydrogen (secondary N) is 1. The minimum atomic E-state index is -3.63. The van der Waals surface area contributed by atoms with E-state index >= 15 is 0 Å². The molecule has 1 aliphatic carbocycles. The second-order valence-corrected chi connectivity index (χ2v) is 7.35. The van der Waals surface area contributed by atoms with Crippen molar-refractivity contribution in [2.45, 2.75) is 37.1 Å². The van der Waals surface area contributed by atoms with E-state index in [1.165, 1.54) is 12.1 Å². The highest BCUT2D eigenvalue weighted by Crippen LogP contribution is 2.31. The number of rotatable bonds is 4. The van der Waals surface area contributed by atoms with Crippen LogP contribution in [-0.2, 0) is 9.84 Å². The molecular weight excluding hydrogens is 280 g/mol. The fourth-order valence-corrected chi connectivity index (χ4v) is 3.49. The summed E-state index contributed by atoms with van der Waals surface area (Å²) in [6.45, 7) is 2.15. The Morgan fingerprint density at radius 1 is 1.35 bits per heavy atom. The van der Waals surface area contributed by atoms with Crippen molar-refractivity contribution in [1.82, 2.24) is 0 Å². The van der Waals surface area contributed by atoms with Gasteiger partial charge in [-0.15, -0.1) is 0 Å². The Kier molecular flexibility index (Phi) is 3.99. The maximum absolute atomic E-state index is 11.7. The molecule has 0 aliphatic heterocycles. The third kappa shape index (κ3) is 3.09. The highest BCUT2D eigenvalue weighted by molar-refractivity contribution is 7.90. The van der Waals surface area contributed by atoms with E-state index in [0.717, 1.165) is 25.5 Å². The van der Waals surface area contributed by atoms with Gasteiger partial charge in [-0.1, -0.05) is 13.3 Å². The number of nitro groups is 1. The van der Waals surface area contributed by atoms with Crippen molar-refractivity contribution in [1.29, 1.82) is 0 Å². The molecule has 1 aromatic rings. The predicted octanol–water partition coefficient (Wildman–Crippen LogP) is 2.60. The summed E-state index contributed by atoms with van der Waals surface area (Å²) < 4.78 is 23.4. The molecule has 1 fully saturated rings. The van der Waals surface area contributed by atoms with E-state index in [2.05, 4.69) is 12.2 Å². The van der Waals surface area contributed by atoms with Crippen LogP contribution in [0, 0.1) is 16.0 Å². The zero-order valence-corrected chi connectivity index (χ0v) is 12.3. The van der Waals surface area contributed by atoms with E-state index < -0.39 is 14.8 Å². The Labute approximate surface area is 118 Å². The number of benzene rings is 1. The standard InChI is InChI=1S/C13H18N2O4S/c1-9-4-3-5-11(9)14-10-6-7-12(15(16)17)13(8-10)20(2,18)19/h6-9,11,14H,3-5H2,1-2H3. The predicted molar refractivity (Wildman–Crippen MR) is 76.6 cm³/mol. The zero-order chi connectivity index (χ0) is 14.9. The molecule has 2 rings (SSSR count). The minimum absolute atomic E-state index is 0.238. The first kappa shape index (κ1) is 14.8. The van der Waals surface area contributed by atoms with E-state index in [9.17, 15) is 18.5 Å². The Morgan fingerprint density at radius 3 is 2.55 bits per heavy atom. The molecule has 0 aromatic heterocycles. The molecule has 2 atom stereocenters. The first-order valence-corrected chi connectivity index (χ1v) is 8.43. The lowest BCUT2D eigenvalue weighted by Gasteiger charge is -2.19. The quantitative estimate of drug-likeness (QED) is 0.681. The van der Waals surface area contributed by atoms with Crippen molar-refractivity contribution in [3.8, 4) is 0 Å². The van der Waals surface area contributed by atoms with Gasteiger partial charge in [0.25, 0.3) is 5.69 Å². The number of nitro benzene ring substituents is 1. The monoisotopic (exact) mass is 298 g/mol. The number of hydrogen-bond donors (Lipinski definition) is 1. The molecule has 20 heavy (non-hydrogen) atoms. The number of sulfone groups is 1. The molecule has 6 nitrogen and oxygen atoms in total. The van der Waals surface area contributed by atoms with Crippen LogP contribution in [0.2, 0.25) is 0 Å². The normalized spacial score (nSPS) is 22.7. The molecule has 2 unspecified atom stereocenters. The number of anilines is 1. The van der Waals surface area contributed by atoms with Gasteiger partial charge in [-0.25, -0.2) is 8.42 Å². The molecule has 110 valence electrons. The molecule has 7 heteroatoms. The largest absolute Gasteiger partial charge is 0.382 e. The van der Waals surface area contributed by atoms with Crippen LogP contribution in [0.4, 0.5) is 11.4 Å². The Bertz CT molecular complexity index is 627. The first-order valence-electron chi connectivity index (χ1n) is 6.54. The average Bonchev–Trinajstić information content (AvgIpc) is 2.73. The summed E-state index contributed by atoms with van der Waals surface area (Å²) in [4.78, 5) is 9.99. The lowest BCUT2D eigenvalue weighted by molar-refractivity contribution is -0.387. The summed E-state index contributed by atoms with van der Waals surface area (Å²) in [6.07, 6.45) is 4.30. The van der Waals surface area contributed by atoms with Crippen LogP contribution >= 0.6 is 0 Å². The van der Waals surface area contributed by atoms with E-state index in [0.29, 0.717) is 17.6 Å². The highest BCUT2D eigenvalue weighted by Gasteiger charge is 2.26.